The number of aryl methyl sites for hydroxylation is 2. The van der Waals surface area contributed by atoms with Crippen LogP contribution >= 0.6 is 0 Å². The summed E-state index contributed by atoms with van der Waals surface area (Å²) >= 11 is 0. The molecule has 0 aromatic heterocycles. The van der Waals surface area contributed by atoms with Crippen molar-refractivity contribution in [2.75, 3.05) is 24.1 Å². The van der Waals surface area contributed by atoms with Crippen LogP contribution in [0.5, 0.6) is 11.5 Å². The fraction of sp³-hybridized carbons (Fsp3) is 0.269. The average molecular weight is 481 g/mol. The number of anilines is 1. The third kappa shape index (κ3) is 5.17. The van der Waals surface area contributed by atoms with Crippen LogP contribution in [0.3, 0.4) is 0 Å². The molecular weight excluding hydrogens is 452 g/mol. The molecule has 7 nitrogen and oxygen atoms in total. The first kappa shape index (κ1) is 23.6. The molecule has 4 rings (SSSR count). The Labute approximate surface area is 200 Å². The van der Waals surface area contributed by atoms with Crippen molar-refractivity contribution in [3.05, 3.63) is 83.4 Å². The second-order valence-corrected chi connectivity index (χ2v) is 10.2. The summed E-state index contributed by atoms with van der Waals surface area (Å²) in [6, 6.07) is 18.9. The van der Waals surface area contributed by atoms with E-state index in [4.69, 9.17) is 9.47 Å². The van der Waals surface area contributed by atoms with E-state index in [1.165, 1.54) is 0 Å². The predicted molar refractivity (Wildman–Crippen MR) is 131 cm³/mol. The number of benzene rings is 3. The summed E-state index contributed by atoms with van der Waals surface area (Å²) in [6.45, 7) is 6.23. The average Bonchev–Trinajstić information content (AvgIpc) is 2.82. The number of ether oxygens (including phenoxy) is 2. The lowest BCUT2D eigenvalue weighted by Gasteiger charge is -2.26. The topological polar surface area (TPSA) is 84.9 Å². The quantitative estimate of drug-likeness (QED) is 0.549. The van der Waals surface area contributed by atoms with Gasteiger partial charge >= 0.3 is 0 Å². The summed E-state index contributed by atoms with van der Waals surface area (Å²) in [5.74, 6) is 0.885. The minimum Gasteiger partial charge on any atom is -0.486 e. The summed E-state index contributed by atoms with van der Waals surface area (Å²) in [4.78, 5) is 13.2. The number of nitrogens with one attached hydrogen (secondary N) is 1. The summed E-state index contributed by atoms with van der Waals surface area (Å²) in [5, 5.41) is 2.91. The lowest BCUT2D eigenvalue weighted by Crippen LogP contribution is -2.41. The van der Waals surface area contributed by atoms with Crippen molar-refractivity contribution in [3.8, 4) is 11.5 Å². The lowest BCUT2D eigenvalue weighted by molar-refractivity contribution is -0.120. The van der Waals surface area contributed by atoms with E-state index in [1.807, 2.05) is 45.0 Å². The molecule has 0 fully saturated rings. The number of amides is 1. The molecule has 3 aromatic rings. The van der Waals surface area contributed by atoms with Gasteiger partial charge < -0.3 is 14.8 Å². The van der Waals surface area contributed by atoms with Crippen LogP contribution in [-0.2, 0) is 14.8 Å². The third-order valence-corrected chi connectivity index (χ3v) is 7.42. The summed E-state index contributed by atoms with van der Waals surface area (Å²) < 4.78 is 39.4. The first-order valence-corrected chi connectivity index (χ1v) is 12.5. The number of rotatable bonds is 7. The van der Waals surface area contributed by atoms with Crippen molar-refractivity contribution in [3.63, 3.8) is 0 Å². The molecule has 0 aliphatic carbocycles. The Hall–Kier alpha value is -3.52. The Kier molecular flexibility index (Phi) is 6.79. The van der Waals surface area contributed by atoms with E-state index in [9.17, 15) is 13.2 Å². The van der Waals surface area contributed by atoms with Gasteiger partial charge in [-0.2, -0.15) is 0 Å². The molecule has 34 heavy (non-hydrogen) atoms. The number of hydrogen-bond acceptors (Lipinski definition) is 5. The van der Waals surface area contributed by atoms with Crippen LogP contribution in [0.15, 0.2) is 71.6 Å². The number of nitrogens with zero attached hydrogens (tertiary/aromatic N) is 1. The largest absolute Gasteiger partial charge is 0.486 e. The highest BCUT2D eigenvalue weighted by Crippen LogP contribution is 2.32. The van der Waals surface area contributed by atoms with Gasteiger partial charge in [-0.3, -0.25) is 9.10 Å². The number of hydrogen-bond donors (Lipinski definition) is 1. The molecule has 0 saturated carbocycles. The fourth-order valence-electron chi connectivity index (χ4n) is 3.77. The Bertz CT molecular complexity index is 1290. The van der Waals surface area contributed by atoms with E-state index in [1.54, 1.807) is 42.5 Å². The predicted octanol–water partition coefficient (Wildman–Crippen LogP) is 4.15. The van der Waals surface area contributed by atoms with Crippen molar-refractivity contribution in [1.29, 1.82) is 0 Å². The van der Waals surface area contributed by atoms with E-state index in [-0.39, 0.29) is 17.5 Å². The van der Waals surface area contributed by atoms with Crippen molar-refractivity contribution in [2.45, 2.75) is 31.7 Å². The third-order valence-electron chi connectivity index (χ3n) is 5.63. The van der Waals surface area contributed by atoms with Crippen LogP contribution in [0.4, 0.5) is 5.69 Å². The van der Waals surface area contributed by atoms with Crippen molar-refractivity contribution < 1.29 is 22.7 Å². The van der Waals surface area contributed by atoms with Crippen LogP contribution in [0, 0.1) is 13.8 Å². The van der Waals surface area contributed by atoms with E-state index in [0.717, 1.165) is 21.0 Å². The Morgan fingerprint density at radius 1 is 0.941 bits per heavy atom. The zero-order valence-corrected chi connectivity index (χ0v) is 20.3. The molecule has 1 heterocycles. The maximum absolute atomic E-state index is 13.5. The number of carbonyl (C=O) groups is 1. The van der Waals surface area contributed by atoms with Crippen LogP contribution < -0.4 is 19.1 Å². The molecule has 1 amide bonds. The van der Waals surface area contributed by atoms with Gasteiger partial charge in [0.1, 0.15) is 19.8 Å². The smallest absolute Gasteiger partial charge is 0.264 e. The minimum atomic E-state index is -3.96. The van der Waals surface area contributed by atoms with Crippen LogP contribution in [0.25, 0.3) is 0 Å². The zero-order chi connectivity index (χ0) is 24.3. The van der Waals surface area contributed by atoms with Crippen LogP contribution in [0.1, 0.15) is 29.7 Å². The monoisotopic (exact) mass is 480 g/mol. The molecule has 1 aliphatic rings. The van der Waals surface area contributed by atoms with E-state index < -0.39 is 15.9 Å². The second kappa shape index (κ2) is 9.77. The first-order valence-electron chi connectivity index (χ1n) is 11.1. The van der Waals surface area contributed by atoms with Crippen LogP contribution in [-0.4, -0.2) is 34.1 Å². The SMILES string of the molecule is Cc1ccc(S(=O)(=O)N(CC(=O)NC(C)c2ccc3c(c2)OCCO3)c2cccc(C)c2)cc1. The zero-order valence-electron chi connectivity index (χ0n) is 19.4. The molecule has 0 bridgehead atoms. The number of fused-ring (bicyclic) bond motifs is 1. The van der Waals surface area contributed by atoms with E-state index in [2.05, 4.69) is 5.32 Å². The fourth-order valence-corrected chi connectivity index (χ4v) is 5.18. The maximum atomic E-state index is 13.5. The van der Waals surface area contributed by atoms with Gasteiger partial charge in [0.05, 0.1) is 16.6 Å². The second-order valence-electron chi connectivity index (χ2n) is 8.36. The number of carbonyl (C=O) groups excluding carboxylic acids is 1. The molecule has 1 aliphatic heterocycles. The highest BCUT2D eigenvalue weighted by Gasteiger charge is 2.28. The molecule has 3 aromatic carbocycles. The molecular formula is C26H28N2O5S. The Morgan fingerprint density at radius 3 is 2.35 bits per heavy atom. The van der Waals surface area contributed by atoms with E-state index in [0.29, 0.717) is 30.4 Å². The minimum absolute atomic E-state index is 0.132. The van der Waals surface area contributed by atoms with Gasteiger partial charge in [-0.15, -0.1) is 0 Å². The van der Waals surface area contributed by atoms with Gasteiger partial charge in [0.2, 0.25) is 5.91 Å². The Morgan fingerprint density at radius 2 is 1.65 bits per heavy atom. The lowest BCUT2D eigenvalue weighted by atomic mass is 10.1. The highest BCUT2D eigenvalue weighted by atomic mass is 32.2. The van der Waals surface area contributed by atoms with Gasteiger partial charge in [0, 0.05) is 0 Å². The Balaban J connectivity index is 1.57. The van der Waals surface area contributed by atoms with Crippen molar-refractivity contribution in [2.24, 2.45) is 0 Å². The summed E-state index contributed by atoms with van der Waals surface area (Å²) in [7, 11) is -3.96. The normalized spacial score (nSPS) is 13.7. The van der Waals surface area contributed by atoms with Crippen molar-refractivity contribution in [1.82, 2.24) is 5.32 Å². The van der Waals surface area contributed by atoms with Crippen molar-refractivity contribution >= 4 is 21.6 Å². The molecule has 0 spiro atoms. The molecule has 178 valence electrons. The van der Waals surface area contributed by atoms with Gasteiger partial charge in [-0.05, 0) is 68.3 Å². The van der Waals surface area contributed by atoms with Gasteiger partial charge in [-0.25, -0.2) is 8.42 Å². The molecule has 1 unspecified atom stereocenters. The van der Waals surface area contributed by atoms with E-state index >= 15 is 0 Å². The molecule has 8 heteroatoms. The molecule has 0 saturated heterocycles. The maximum Gasteiger partial charge on any atom is 0.264 e. The van der Waals surface area contributed by atoms with Crippen LogP contribution in [0.2, 0.25) is 0 Å². The molecule has 0 radical (unpaired) electrons. The summed E-state index contributed by atoms with van der Waals surface area (Å²) in [5.41, 5.74) is 3.11. The van der Waals surface area contributed by atoms with Gasteiger partial charge in [-0.1, -0.05) is 35.9 Å². The molecule has 1 N–H and O–H groups in total. The number of sulfonamides is 1. The van der Waals surface area contributed by atoms with Gasteiger partial charge in [0.15, 0.2) is 11.5 Å². The van der Waals surface area contributed by atoms with Gasteiger partial charge in [0.25, 0.3) is 10.0 Å². The highest BCUT2D eigenvalue weighted by molar-refractivity contribution is 7.92. The first-order chi connectivity index (χ1) is 16.2. The molecule has 1 atom stereocenters. The summed E-state index contributed by atoms with van der Waals surface area (Å²) in [6.07, 6.45) is 0. The standard InChI is InChI=1S/C26H28N2O5S/c1-18-7-10-23(11-8-18)34(30,31)28(22-6-4-5-19(2)15-22)17-26(29)27-20(3)21-9-12-24-25(16-21)33-14-13-32-24/h4-12,15-16,20H,13-14,17H2,1-3H3,(H,27,29).